The molecule has 0 bridgehead atoms. The molecule has 3 nitrogen and oxygen atoms in total. The molecule has 21 heavy (non-hydrogen) atoms. The summed E-state index contributed by atoms with van der Waals surface area (Å²) in [4.78, 5) is 0. The fourth-order valence-corrected chi connectivity index (χ4v) is 3.55. The maximum atomic E-state index is 6.16. The van der Waals surface area contributed by atoms with Crippen molar-refractivity contribution in [2.75, 3.05) is 19.8 Å². The van der Waals surface area contributed by atoms with Crippen LogP contribution >= 0.6 is 0 Å². The van der Waals surface area contributed by atoms with Crippen molar-refractivity contribution < 1.29 is 9.47 Å². The van der Waals surface area contributed by atoms with E-state index >= 15 is 0 Å². The van der Waals surface area contributed by atoms with Gasteiger partial charge in [0.05, 0.1) is 6.61 Å². The van der Waals surface area contributed by atoms with Crippen molar-refractivity contribution >= 4 is 0 Å². The molecular weight excluding hydrogens is 262 g/mol. The third kappa shape index (κ3) is 3.58. The van der Waals surface area contributed by atoms with E-state index in [9.17, 15) is 0 Å². The van der Waals surface area contributed by atoms with Gasteiger partial charge in [0.25, 0.3) is 0 Å². The topological polar surface area (TPSA) is 30.5 Å². The van der Waals surface area contributed by atoms with Gasteiger partial charge < -0.3 is 14.8 Å². The van der Waals surface area contributed by atoms with Crippen LogP contribution in [0.4, 0.5) is 0 Å². The van der Waals surface area contributed by atoms with Crippen molar-refractivity contribution in [2.45, 2.75) is 51.7 Å². The van der Waals surface area contributed by atoms with Crippen LogP contribution in [0.3, 0.4) is 0 Å². The standard InChI is InChI=1S/C18H27NO2/c1-14(2)19-12-18(8-5-9-20-13-18)11-16-10-15-6-3-4-7-17(15)21-16/h3-4,6-7,14,16,19H,5,8-13H2,1-2H3. The van der Waals surface area contributed by atoms with Crippen LogP contribution in [0.5, 0.6) is 5.75 Å². The maximum Gasteiger partial charge on any atom is 0.123 e. The van der Waals surface area contributed by atoms with Crippen molar-refractivity contribution in [2.24, 2.45) is 5.41 Å². The van der Waals surface area contributed by atoms with E-state index < -0.39 is 0 Å². The van der Waals surface area contributed by atoms with E-state index in [1.165, 1.54) is 18.4 Å². The fraction of sp³-hybridized carbons (Fsp3) is 0.667. The van der Waals surface area contributed by atoms with Gasteiger partial charge in [-0.1, -0.05) is 32.0 Å². The predicted molar refractivity (Wildman–Crippen MR) is 84.8 cm³/mol. The van der Waals surface area contributed by atoms with Gasteiger partial charge in [-0.15, -0.1) is 0 Å². The van der Waals surface area contributed by atoms with Gasteiger partial charge >= 0.3 is 0 Å². The second-order valence-corrected chi connectivity index (χ2v) is 6.95. The largest absolute Gasteiger partial charge is 0.490 e. The van der Waals surface area contributed by atoms with Gasteiger partial charge in [-0.3, -0.25) is 0 Å². The smallest absolute Gasteiger partial charge is 0.123 e. The molecule has 116 valence electrons. The minimum atomic E-state index is 0.231. The molecule has 0 aliphatic carbocycles. The number of nitrogens with one attached hydrogen (secondary N) is 1. The number of hydrogen-bond acceptors (Lipinski definition) is 3. The van der Waals surface area contributed by atoms with Gasteiger partial charge in [0.2, 0.25) is 0 Å². The summed E-state index contributed by atoms with van der Waals surface area (Å²) in [5, 5.41) is 3.62. The first-order chi connectivity index (χ1) is 10.2. The molecule has 0 aromatic heterocycles. The Labute approximate surface area is 128 Å². The van der Waals surface area contributed by atoms with Crippen LogP contribution in [0.15, 0.2) is 24.3 Å². The van der Waals surface area contributed by atoms with Gasteiger partial charge in [-0.05, 0) is 30.9 Å². The molecule has 1 N–H and O–H groups in total. The van der Waals surface area contributed by atoms with Gasteiger partial charge in [-0.25, -0.2) is 0 Å². The first-order valence-corrected chi connectivity index (χ1v) is 8.23. The minimum Gasteiger partial charge on any atom is -0.490 e. The number of benzene rings is 1. The zero-order valence-electron chi connectivity index (χ0n) is 13.2. The SMILES string of the molecule is CC(C)NCC1(CC2Cc3ccccc3O2)CCCOC1. The molecule has 3 rings (SSSR count). The van der Waals surface area contributed by atoms with Crippen molar-refractivity contribution in [1.82, 2.24) is 5.32 Å². The summed E-state index contributed by atoms with van der Waals surface area (Å²) in [6, 6.07) is 8.95. The second-order valence-electron chi connectivity index (χ2n) is 6.95. The first-order valence-electron chi connectivity index (χ1n) is 8.23. The fourth-order valence-electron chi connectivity index (χ4n) is 3.55. The third-order valence-corrected chi connectivity index (χ3v) is 4.66. The van der Waals surface area contributed by atoms with Crippen LogP contribution in [-0.4, -0.2) is 31.9 Å². The van der Waals surface area contributed by atoms with E-state index in [0.717, 1.165) is 38.3 Å². The van der Waals surface area contributed by atoms with Crippen LogP contribution in [0.1, 0.15) is 38.7 Å². The zero-order valence-corrected chi connectivity index (χ0v) is 13.2. The Balaban J connectivity index is 1.65. The maximum absolute atomic E-state index is 6.16. The summed E-state index contributed by atoms with van der Waals surface area (Å²) < 4.78 is 12.0. The molecule has 0 radical (unpaired) electrons. The number of fused-ring (bicyclic) bond motifs is 1. The van der Waals surface area contributed by atoms with Crippen LogP contribution in [0, 0.1) is 5.41 Å². The monoisotopic (exact) mass is 289 g/mol. The molecule has 0 spiro atoms. The Hall–Kier alpha value is -1.06. The zero-order chi connectivity index (χ0) is 14.7. The molecule has 0 amide bonds. The molecule has 2 unspecified atom stereocenters. The molecule has 1 fully saturated rings. The molecular formula is C18H27NO2. The van der Waals surface area contributed by atoms with Crippen molar-refractivity contribution in [3.8, 4) is 5.75 Å². The van der Waals surface area contributed by atoms with Crippen molar-refractivity contribution in [1.29, 1.82) is 0 Å². The number of rotatable bonds is 5. The van der Waals surface area contributed by atoms with E-state index in [1.54, 1.807) is 0 Å². The van der Waals surface area contributed by atoms with E-state index in [0.29, 0.717) is 12.1 Å². The van der Waals surface area contributed by atoms with Crippen LogP contribution in [0.2, 0.25) is 0 Å². The number of para-hydroxylation sites is 1. The van der Waals surface area contributed by atoms with Crippen LogP contribution in [0.25, 0.3) is 0 Å². The number of hydrogen-bond donors (Lipinski definition) is 1. The average molecular weight is 289 g/mol. The van der Waals surface area contributed by atoms with Gasteiger partial charge in [0.15, 0.2) is 0 Å². The molecule has 2 aliphatic heterocycles. The highest BCUT2D eigenvalue weighted by atomic mass is 16.5. The minimum absolute atomic E-state index is 0.231. The van der Waals surface area contributed by atoms with Crippen LogP contribution in [-0.2, 0) is 11.2 Å². The first kappa shape index (κ1) is 14.9. The lowest BCUT2D eigenvalue weighted by molar-refractivity contribution is -0.0287. The summed E-state index contributed by atoms with van der Waals surface area (Å²) in [5.41, 5.74) is 1.58. The lowest BCUT2D eigenvalue weighted by Gasteiger charge is -2.39. The molecule has 2 heterocycles. The Kier molecular flexibility index (Phi) is 4.51. The van der Waals surface area contributed by atoms with Gasteiger partial charge in [-0.2, -0.15) is 0 Å². The second kappa shape index (κ2) is 6.37. The molecule has 1 aromatic rings. The lowest BCUT2D eigenvalue weighted by atomic mass is 9.77. The third-order valence-electron chi connectivity index (χ3n) is 4.66. The van der Waals surface area contributed by atoms with E-state index in [-0.39, 0.29) is 5.41 Å². The highest BCUT2D eigenvalue weighted by Gasteiger charge is 2.38. The van der Waals surface area contributed by atoms with E-state index in [1.807, 2.05) is 0 Å². The summed E-state index contributed by atoms with van der Waals surface area (Å²) >= 11 is 0. The van der Waals surface area contributed by atoms with Crippen molar-refractivity contribution in [3.63, 3.8) is 0 Å². The Morgan fingerprint density at radius 3 is 2.90 bits per heavy atom. The predicted octanol–water partition coefficient (Wildman–Crippen LogP) is 3.18. The molecule has 2 atom stereocenters. The molecule has 1 aromatic carbocycles. The Bertz CT molecular complexity index is 441. The van der Waals surface area contributed by atoms with E-state index in [4.69, 9.17) is 9.47 Å². The number of ether oxygens (including phenoxy) is 2. The van der Waals surface area contributed by atoms with Crippen LogP contribution < -0.4 is 10.1 Å². The summed E-state index contributed by atoms with van der Waals surface area (Å²) in [7, 11) is 0. The highest BCUT2D eigenvalue weighted by molar-refractivity contribution is 5.37. The summed E-state index contributed by atoms with van der Waals surface area (Å²) in [6.45, 7) is 7.22. The average Bonchev–Trinajstić information content (AvgIpc) is 2.88. The van der Waals surface area contributed by atoms with E-state index in [2.05, 4.69) is 43.4 Å². The quantitative estimate of drug-likeness (QED) is 0.903. The van der Waals surface area contributed by atoms with Gasteiger partial charge in [0, 0.05) is 31.0 Å². The normalized spacial score (nSPS) is 28.4. The summed E-state index contributed by atoms with van der Waals surface area (Å²) in [6.07, 6.45) is 4.83. The summed E-state index contributed by atoms with van der Waals surface area (Å²) in [5.74, 6) is 1.08. The molecule has 0 saturated carbocycles. The lowest BCUT2D eigenvalue weighted by Crippen LogP contribution is -2.45. The Morgan fingerprint density at radius 1 is 1.33 bits per heavy atom. The van der Waals surface area contributed by atoms with Gasteiger partial charge in [0.1, 0.15) is 11.9 Å². The highest BCUT2D eigenvalue weighted by Crippen LogP contribution is 2.38. The Morgan fingerprint density at radius 2 is 2.19 bits per heavy atom. The molecule has 1 saturated heterocycles. The van der Waals surface area contributed by atoms with Crippen molar-refractivity contribution in [3.05, 3.63) is 29.8 Å². The molecule has 2 aliphatic rings. The molecule has 3 heteroatoms.